The highest BCUT2D eigenvalue weighted by Crippen LogP contribution is 2.38. The van der Waals surface area contributed by atoms with E-state index < -0.39 is 35.4 Å². The molecule has 1 aromatic heterocycles. The number of hydrogen-bond acceptors (Lipinski definition) is 5. The van der Waals surface area contributed by atoms with Gasteiger partial charge >= 0.3 is 12.1 Å². The molecule has 0 aliphatic heterocycles. The van der Waals surface area contributed by atoms with Crippen LogP contribution in [0.25, 0.3) is 11.5 Å². The standard InChI is InChI=1S/C28H27F3IN3O5/c29-28(30,31)25-24(35-27(40-25)20-3-1-2-4-21(20)32)26(39)33-14-13-22(36)34-19-11-9-18(10-12-19)17-7-5-16(6-8-17)15-23(37)38/h1-4,9-12,16-17H,5-8,13-15H2,(H,33,39)(H,34,36)(H,37,38). The zero-order valence-corrected chi connectivity index (χ0v) is 23.4. The van der Waals surface area contributed by atoms with E-state index in [1.165, 1.54) is 0 Å². The molecule has 0 unspecified atom stereocenters. The van der Waals surface area contributed by atoms with Crippen LogP contribution in [0.5, 0.6) is 0 Å². The number of amides is 2. The number of carbonyl (C=O) groups excluding carboxylic acids is 2. The van der Waals surface area contributed by atoms with Gasteiger partial charge in [-0.2, -0.15) is 13.2 Å². The van der Waals surface area contributed by atoms with Gasteiger partial charge < -0.3 is 20.2 Å². The Hall–Kier alpha value is -3.42. The van der Waals surface area contributed by atoms with Crippen molar-refractivity contribution in [1.29, 1.82) is 0 Å². The Balaban J connectivity index is 1.29. The molecule has 3 aromatic rings. The first-order valence-electron chi connectivity index (χ1n) is 12.7. The summed E-state index contributed by atoms with van der Waals surface area (Å²) in [5.74, 6) is -3.54. The van der Waals surface area contributed by atoms with Crippen LogP contribution in [-0.2, 0) is 15.8 Å². The van der Waals surface area contributed by atoms with Crippen molar-refractivity contribution in [3.63, 3.8) is 0 Å². The van der Waals surface area contributed by atoms with Crippen LogP contribution in [0.2, 0.25) is 0 Å². The van der Waals surface area contributed by atoms with Gasteiger partial charge in [0.15, 0.2) is 5.69 Å². The van der Waals surface area contributed by atoms with Crippen LogP contribution in [0.1, 0.15) is 66.3 Å². The summed E-state index contributed by atoms with van der Waals surface area (Å²) in [5.41, 5.74) is 1.10. The van der Waals surface area contributed by atoms with Crippen LogP contribution in [0.3, 0.4) is 0 Å². The quantitative estimate of drug-likeness (QED) is 0.225. The number of carbonyl (C=O) groups is 3. The van der Waals surface area contributed by atoms with Gasteiger partial charge in [0.1, 0.15) is 0 Å². The van der Waals surface area contributed by atoms with Gasteiger partial charge in [-0.15, -0.1) is 0 Å². The topological polar surface area (TPSA) is 122 Å². The van der Waals surface area contributed by atoms with Gasteiger partial charge in [-0.3, -0.25) is 14.4 Å². The summed E-state index contributed by atoms with van der Waals surface area (Å²) in [6.45, 7) is -0.204. The van der Waals surface area contributed by atoms with E-state index in [9.17, 15) is 27.6 Å². The van der Waals surface area contributed by atoms with E-state index in [-0.39, 0.29) is 31.2 Å². The molecule has 4 rings (SSSR count). The number of nitrogens with one attached hydrogen (secondary N) is 2. The molecule has 1 aliphatic carbocycles. The number of nitrogens with zero attached hydrogens (tertiary/aromatic N) is 1. The van der Waals surface area contributed by atoms with E-state index in [0.29, 0.717) is 20.7 Å². The third kappa shape index (κ3) is 7.61. The fourth-order valence-electron chi connectivity index (χ4n) is 4.80. The van der Waals surface area contributed by atoms with Gasteiger partial charge in [0.05, 0.1) is 5.56 Å². The lowest BCUT2D eigenvalue weighted by Gasteiger charge is -2.28. The molecule has 2 amide bonds. The Kier molecular flexibility index (Phi) is 9.48. The Morgan fingerprint density at radius 2 is 1.70 bits per heavy atom. The van der Waals surface area contributed by atoms with Crippen molar-refractivity contribution in [2.45, 2.75) is 50.6 Å². The number of anilines is 1. The summed E-state index contributed by atoms with van der Waals surface area (Å²) in [6.07, 6.45) is -1.33. The van der Waals surface area contributed by atoms with Crippen LogP contribution >= 0.6 is 22.6 Å². The third-order valence-corrected chi connectivity index (χ3v) is 7.76. The predicted molar refractivity (Wildman–Crippen MR) is 149 cm³/mol. The number of rotatable bonds is 9. The van der Waals surface area contributed by atoms with Gasteiger partial charge in [-0.1, -0.05) is 24.3 Å². The summed E-state index contributed by atoms with van der Waals surface area (Å²) in [7, 11) is 0. The van der Waals surface area contributed by atoms with E-state index in [0.717, 1.165) is 31.2 Å². The lowest BCUT2D eigenvalue weighted by atomic mass is 9.77. The Morgan fingerprint density at radius 1 is 1.02 bits per heavy atom. The van der Waals surface area contributed by atoms with Crippen LogP contribution in [0.15, 0.2) is 52.9 Å². The van der Waals surface area contributed by atoms with E-state index in [4.69, 9.17) is 9.52 Å². The predicted octanol–water partition coefficient (Wildman–Crippen LogP) is 6.47. The molecular weight excluding hydrogens is 642 g/mol. The average Bonchev–Trinajstić information content (AvgIpc) is 3.36. The second-order valence-electron chi connectivity index (χ2n) is 9.67. The highest BCUT2D eigenvalue weighted by atomic mass is 127. The number of benzene rings is 2. The third-order valence-electron chi connectivity index (χ3n) is 6.82. The largest absolute Gasteiger partial charge is 0.481 e. The van der Waals surface area contributed by atoms with Crippen molar-refractivity contribution < 1.29 is 37.1 Å². The smallest absolute Gasteiger partial charge is 0.452 e. The van der Waals surface area contributed by atoms with Crippen molar-refractivity contribution in [3.05, 3.63) is 69.1 Å². The van der Waals surface area contributed by atoms with Gasteiger partial charge in [0.2, 0.25) is 17.6 Å². The molecule has 0 atom stereocenters. The highest BCUT2D eigenvalue weighted by molar-refractivity contribution is 14.1. The molecule has 1 aliphatic rings. The zero-order chi connectivity index (χ0) is 28.9. The fourth-order valence-corrected chi connectivity index (χ4v) is 5.42. The molecule has 1 fully saturated rings. The Labute approximate surface area is 241 Å². The minimum atomic E-state index is -4.93. The lowest BCUT2D eigenvalue weighted by Crippen LogP contribution is -2.29. The number of aliphatic carboxylic acids is 1. The molecule has 0 bridgehead atoms. The molecular formula is C28H27F3IN3O5. The van der Waals surface area contributed by atoms with Gasteiger partial charge in [0.25, 0.3) is 5.91 Å². The van der Waals surface area contributed by atoms with Crippen molar-refractivity contribution >= 4 is 46.1 Å². The first-order chi connectivity index (χ1) is 19.0. The average molecular weight is 669 g/mol. The molecule has 1 saturated carbocycles. The molecule has 3 N–H and O–H groups in total. The van der Waals surface area contributed by atoms with Crippen molar-refractivity contribution in [1.82, 2.24) is 10.3 Å². The maximum atomic E-state index is 13.5. The molecule has 212 valence electrons. The van der Waals surface area contributed by atoms with Crippen LogP contribution in [0, 0.1) is 9.49 Å². The second-order valence-corrected chi connectivity index (χ2v) is 10.8. The molecule has 0 radical (unpaired) electrons. The van der Waals surface area contributed by atoms with Crippen LogP contribution in [0.4, 0.5) is 18.9 Å². The Morgan fingerprint density at radius 3 is 2.33 bits per heavy atom. The number of carboxylic acid groups (broad SMARTS) is 1. The molecule has 8 nitrogen and oxygen atoms in total. The molecule has 40 heavy (non-hydrogen) atoms. The summed E-state index contributed by atoms with van der Waals surface area (Å²) < 4.78 is 46.2. The van der Waals surface area contributed by atoms with Crippen molar-refractivity contribution in [3.8, 4) is 11.5 Å². The normalized spacial score (nSPS) is 17.3. The first kappa shape index (κ1) is 29.6. The second kappa shape index (κ2) is 12.8. The SMILES string of the molecule is O=C(O)CC1CCC(c2ccc(NC(=O)CCNC(=O)c3nc(-c4ccccc4I)oc3C(F)(F)F)cc2)CC1. The first-order valence-corrected chi connectivity index (χ1v) is 13.8. The maximum Gasteiger partial charge on any atom is 0.452 e. The minimum absolute atomic E-state index is 0.163. The van der Waals surface area contributed by atoms with E-state index in [2.05, 4.69) is 15.6 Å². The number of aromatic nitrogens is 1. The van der Waals surface area contributed by atoms with Crippen LogP contribution in [-0.4, -0.2) is 34.4 Å². The molecule has 0 saturated heterocycles. The zero-order valence-electron chi connectivity index (χ0n) is 21.3. The summed E-state index contributed by atoms with van der Waals surface area (Å²) in [6, 6.07) is 13.9. The summed E-state index contributed by atoms with van der Waals surface area (Å²) >= 11 is 1.93. The number of hydrogen-bond donors (Lipinski definition) is 3. The molecule has 12 heteroatoms. The van der Waals surface area contributed by atoms with Crippen LogP contribution < -0.4 is 10.6 Å². The van der Waals surface area contributed by atoms with E-state index in [1.807, 2.05) is 34.7 Å². The number of oxazole rings is 1. The van der Waals surface area contributed by atoms with Crippen molar-refractivity contribution in [2.24, 2.45) is 5.92 Å². The van der Waals surface area contributed by atoms with Crippen molar-refractivity contribution in [2.75, 3.05) is 11.9 Å². The number of alkyl halides is 3. The van der Waals surface area contributed by atoms with Gasteiger partial charge in [-0.05, 0) is 89.9 Å². The molecule has 1 heterocycles. The fraction of sp³-hybridized carbons (Fsp3) is 0.357. The molecule has 2 aromatic carbocycles. The monoisotopic (exact) mass is 669 g/mol. The summed E-state index contributed by atoms with van der Waals surface area (Å²) in [5, 5.41) is 14.0. The highest BCUT2D eigenvalue weighted by Gasteiger charge is 2.42. The lowest BCUT2D eigenvalue weighted by molar-refractivity contribution is -0.153. The number of halogens is 4. The molecule has 0 spiro atoms. The number of carboxylic acids is 1. The Bertz CT molecular complexity index is 1370. The maximum absolute atomic E-state index is 13.5. The van der Waals surface area contributed by atoms with Gasteiger partial charge in [-0.25, -0.2) is 4.98 Å². The van der Waals surface area contributed by atoms with E-state index >= 15 is 0 Å². The summed E-state index contributed by atoms with van der Waals surface area (Å²) in [4.78, 5) is 39.6. The minimum Gasteiger partial charge on any atom is -0.481 e. The van der Waals surface area contributed by atoms with Gasteiger partial charge in [0, 0.05) is 28.6 Å². The van der Waals surface area contributed by atoms with E-state index in [1.54, 1.807) is 36.4 Å².